The second-order valence-electron chi connectivity index (χ2n) is 11.6. The smallest absolute Gasteiger partial charge is 0.171 e. The van der Waals surface area contributed by atoms with Gasteiger partial charge in [-0.05, 0) is 57.3 Å². The lowest BCUT2D eigenvalue weighted by Crippen LogP contribution is -2.24. The fourth-order valence-corrected chi connectivity index (χ4v) is 9.90. The summed E-state index contributed by atoms with van der Waals surface area (Å²) in [5.74, 6) is 0. The maximum absolute atomic E-state index is 15.1. The third-order valence-electron chi connectivity index (χ3n) is 9.24. The van der Waals surface area contributed by atoms with Crippen molar-refractivity contribution in [3.8, 4) is 5.69 Å². The number of fused-ring (bicyclic) bond motifs is 10. The van der Waals surface area contributed by atoms with Gasteiger partial charge in [0.15, 0.2) is 7.14 Å². The molecule has 0 aliphatic heterocycles. The molecular weight excluding hydrogens is 565 g/mol. The van der Waals surface area contributed by atoms with Gasteiger partial charge in [0.25, 0.3) is 0 Å². The minimum Gasteiger partial charge on any atom is -0.309 e. The van der Waals surface area contributed by atoms with E-state index in [4.69, 9.17) is 0 Å². The Bertz CT molecular complexity index is 2560. The van der Waals surface area contributed by atoms with Crippen molar-refractivity contribution >= 4 is 77.2 Å². The van der Waals surface area contributed by atoms with Gasteiger partial charge in [-0.3, -0.25) is 0 Å². The fourth-order valence-electron chi connectivity index (χ4n) is 7.25. The van der Waals surface area contributed by atoms with Gasteiger partial charge in [0.05, 0.1) is 11.0 Å². The van der Waals surface area contributed by atoms with Crippen LogP contribution < -0.4 is 15.9 Å². The van der Waals surface area contributed by atoms with Crippen molar-refractivity contribution in [2.45, 2.75) is 0 Å². The van der Waals surface area contributed by atoms with Crippen molar-refractivity contribution in [3.63, 3.8) is 0 Å². The summed E-state index contributed by atoms with van der Waals surface area (Å²) >= 11 is 0. The standard InChI is InChI=1S/C42H28NOP/c44-45(31-14-3-1-4-15-31,32-16-5-2-6-17-32)33-26-24-30(25-27-33)43-39-22-12-11-21-37(39)41-36-20-10-9-19-35(36)40-34-18-8-7-13-29(34)23-28-38(40)42(41)43/h1-28H. The van der Waals surface area contributed by atoms with Gasteiger partial charge in [0, 0.05) is 37.8 Å². The Balaban J connectivity index is 1.37. The first-order chi connectivity index (χ1) is 22.2. The third-order valence-corrected chi connectivity index (χ3v) is 12.3. The van der Waals surface area contributed by atoms with E-state index in [-0.39, 0.29) is 0 Å². The van der Waals surface area contributed by atoms with Gasteiger partial charge >= 0.3 is 0 Å². The van der Waals surface area contributed by atoms with E-state index in [1.165, 1.54) is 48.6 Å². The molecule has 1 heterocycles. The minimum absolute atomic E-state index is 0.825. The normalized spacial score (nSPS) is 12.1. The van der Waals surface area contributed by atoms with Crippen molar-refractivity contribution in [3.05, 3.63) is 170 Å². The molecule has 0 bridgehead atoms. The zero-order chi connectivity index (χ0) is 30.0. The number of benzene rings is 8. The second kappa shape index (κ2) is 10.1. The SMILES string of the molecule is O=P(c1ccccc1)(c1ccccc1)c1ccc(-n2c3ccccc3c3c4ccccc4c4c5ccccc5ccc4c32)cc1. The monoisotopic (exact) mass is 593 g/mol. The van der Waals surface area contributed by atoms with E-state index < -0.39 is 7.14 Å². The predicted molar refractivity (Wildman–Crippen MR) is 193 cm³/mol. The molecule has 9 aromatic rings. The van der Waals surface area contributed by atoms with Crippen LogP contribution in [0.4, 0.5) is 0 Å². The predicted octanol–water partition coefficient (Wildman–Crippen LogP) is 9.88. The van der Waals surface area contributed by atoms with Gasteiger partial charge in [-0.1, -0.05) is 140 Å². The van der Waals surface area contributed by atoms with E-state index in [9.17, 15) is 0 Å². The summed E-state index contributed by atoms with van der Waals surface area (Å²) in [5.41, 5.74) is 3.39. The van der Waals surface area contributed by atoms with Crippen LogP contribution in [0.5, 0.6) is 0 Å². The molecule has 3 heteroatoms. The number of hydrogen-bond donors (Lipinski definition) is 0. The van der Waals surface area contributed by atoms with Gasteiger partial charge in [0.2, 0.25) is 0 Å². The first kappa shape index (κ1) is 26.0. The first-order valence-electron chi connectivity index (χ1n) is 15.3. The largest absolute Gasteiger partial charge is 0.309 e. The molecule has 0 N–H and O–H groups in total. The van der Waals surface area contributed by atoms with Crippen LogP contribution in [-0.2, 0) is 4.57 Å². The van der Waals surface area contributed by atoms with Crippen molar-refractivity contribution in [1.82, 2.24) is 4.57 Å². The summed E-state index contributed by atoms with van der Waals surface area (Å²) in [7, 11) is -3.08. The van der Waals surface area contributed by atoms with E-state index in [1.807, 2.05) is 60.7 Å². The molecule has 0 spiro atoms. The lowest BCUT2D eigenvalue weighted by atomic mass is 9.93. The van der Waals surface area contributed by atoms with Gasteiger partial charge < -0.3 is 9.13 Å². The van der Waals surface area contributed by atoms with Gasteiger partial charge in [0.1, 0.15) is 0 Å². The number of hydrogen-bond acceptors (Lipinski definition) is 1. The van der Waals surface area contributed by atoms with Crippen LogP contribution in [0.1, 0.15) is 0 Å². The lowest BCUT2D eigenvalue weighted by Gasteiger charge is -2.20. The van der Waals surface area contributed by atoms with Gasteiger partial charge in [-0.15, -0.1) is 0 Å². The summed E-state index contributed by atoms with van der Waals surface area (Å²) in [6, 6.07) is 58.9. The fraction of sp³-hybridized carbons (Fsp3) is 0. The molecule has 212 valence electrons. The van der Waals surface area contributed by atoms with Gasteiger partial charge in [-0.2, -0.15) is 0 Å². The van der Waals surface area contributed by atoms with Crippen LogP contribution in [-0.4, -0.2) is 4.57 Å². The van der Waals surface area contributed by atoms with Crippen molar-refractivity contribution in [1.29, 1.82) is 0 Å². The summed E-state index contributed by atoms with van der Waals surface area (Å²) < 4.78 is 17.5. The minimum atomic E-state index is -3.08. The zero-order valence-electron chi connectivity index (χ0n) is 24.5. The Morgan fingerprint density at radius 2 is 0.889 bits per heavy atom. The highest BCUT2D eigenvalue weighted by Crippen LogP contribution is 2.45. The summed E-state index contributed by atoms with van der Waals surface area (Å²) in [5, 5.41) is 12.5. The van der Waals surface area contributed by atoms with Crippen LogP contribution in [0.2, 0.25) is 0 Å². The Morgan fingerprint density at radius 1 is 0.378 bits per heavy atom. The van der Waals surface area contributed by atoms with E-state index in [1.54, 1.807) is 0 Å². The van der Waals surface area contributed by atoms with Crippen LogP contribution >= 0.6 is 7.14 Å². The molecule has 0 aliphatic rings. The van der Waals surface area contributed by atoms with Crippen molar-refractivity contribution in [2.75, 3.05) is 0 Å². The van der Waals surface area contributed by atoms with E-state index in [0.29, 0.717) is 0 Å². The maximum Gasteiger partial charge on any atom is 0.171 e. The Morgan fingerprint density at radius 3 is 1.56 bits per heavy atom. The second-order valence-corrected chi connectivity index (χ2v) is 14.4. The zero-order valence-corrected chi connectivity index (χ0v) is 25.4. The number of aromatic nitrogens is 1. The average Bonchev–Trinajstić information content (AvgIpc) is 3.47. The first-order valence-corrected chi connectivity index (χ1v) is 17.0. The summed E-state index contributed by atoms with van der Waals surface area (Å²) in [6.45, 7) is 0. The van der Waals surface area contributed by atoms with E-state index >= 15 is 4.57 Å². The van der Waals surface area contributed by atoms with Crippen molar-refractivity contribution < 1.29 is 4.57 Å². The topological polar surface area (TPSA) is 22.0 Å². The highest BCUT2D eigenvalue weighted by molar-refractivity contribution is 7.85. The Labute approximate surface area is 261 Å². The quantitative estimate of drug-likeness (QED) is 0.147. The van der Waals surface area contributed by atoms with Crippen LogP contribution in [0.25, 0.3) is 59.8 Å². The average molecular weight is 594 g/mol. The van der Waals surface area contributed by atoms with Gasteiger partial charge in [-0.25, -0.2) is 0 Å². The van der Waals surface area contributed by atoms with E-state index in [0.717, 1.165) is 27.1 Å². The molecule has 0 saturated heterocycles. The summed E-state index contributed by atoms with van der Waals surface area (Å²) in [6.07, 6.45) is 0. The molecule has 0 amide bonds. The molecule has 1 aromatic heterocycles. The molecular formula is C42H28NOP. The Hall–Kier alpha value is -5.43. The highest BCUT2D eigenvalue weighted by Gasteiger charge is 2.29. The summed E-state index contributed by atoms with van der Waals surface area (Å²) in [4.78, 5) is 0. The third kappa shape index (κ3) is 3.80. The van der Waals surface area contributed by atoms with Crippen LogP contribution in [0.3, 0.4) is 0 Å². The molecule has 8 aromatic carbocycles. The number of para-hydroxylation sites is 1. The van der Waals surface area contributed by atoms with Crippen LogP contribution in [0.15, 0.2) is 170 Å². The number of rotatable bonds is 4. The Kier molecular flexibility index (Phi) is 5.81. The van der Waals surface area contributed by atoms with Crippen LogP contribution in [0, 0.1) is 0 Å². The molecule has 0 saturated carbocycles. The molecule has 0 fully saturated rings. The molecule has 0 unspecified atom stereocenters. The molecule has 9 rings (SSSR count). The molecule has 0 radical (unpaired) electrons. The lowest BCUT2D eigenvalue weighted by molar-refractivity contribution is 0.592. The number of nitrogens with zero attached hydrogens (tertiary/aromatic N) is 1. The molecule has 45 heavy (non-hydrogen) atoms. The van der Waals surface area contributed by atoms with Crippen molar-refractivity contribution in [2.24, 2.45) is 0 Å². The maximum atomic E-state index is 15.1. The molecule has 0 aliphatic carbocycles. The highest BCUT2D eigenvalue weighted by atomic mass is 31.2. The van der Waals surface area contributed by atoms with E-state index in [2.05, 4.69) is 114 Å². The molecule has 0 atom stereocenters. The molecule has 2 nitrogen and oxygen atoms in total.